The number of morpholine rings is 1. The molecule has 0 unspecified atom stereocenters. The number of carbonyl (C=O) groups excluding carboxylic acids is 1. The summed E-state index contributed by atoms with van der Waals surface area (Å²) in [7, 11) is 0. The summed E-state index contributed by atoms with van der Waals surface area (Å²) < 4.78 is 6.09. The number of nitrogens with zero attached hydrogens (tertiary/aromatic N) is 2. The van der Waals surface area contributed by atoms with Gasteiger partial charge in [-0.05, 0) is 46.2 Å². The molecule has 1 aromatic rings. The molecule has 1 fully saturated rings. The summed E-state index contributed by atoms with van der Waals surface area (Å²) in [6.07, 6.45) is 2.57. The smallest absolute Gasteiger partial charge is 0.252 e. The Hall–Kier alpha value is -1.62. The van der Waals surface area contributed by atoms with Gasteiger partial charge in [0.1, 0.15) is 5.82 Å². The zero-order valence-electron chi connectivity index (χ0n) is 14.3. The first-order chi connectivity index (χ1) is 10.2. The Morgan fingerprint density at radius 3 is 2.41 bits per heavy atom. The number of anilines is 1. The van der Waals surface area contributed by atoms with Crippen molar-refractivity contribution in [3.8, 4) is 0 Å². The van der Waals surface area contributed by atoms with Crippen molar-refractivity contribution in [1.29, 1.82) is 0 Å². The standard InChI is InChI=1S/C17H27N3O2/c1-6-9-18-15(21)13-7-8-14(19-10-13)20-11-16(2,3)22-17(4,5)12-20/h7-8,10H,6,9,11-12H2,1-5H3,(H,18,21). The van der Waals surface area contributed by atoms with Gasteiger partial charge in [0, 0.05) is 25.8 Å². The molecule has 1 saturated heterocycles. The van der Waals surface area contributed by atoms with E-state index in [1.807, 2.05) is 19.1 Å². The number of hydrogen-bond acceptors (Lipinski definition) is 4. The summed E-state index contributed by atoms with van der Waals surface area (Å²) in [5.74, 6) is 0.819. The minimum atomic E-state index is -0.222. The van der Waals surface area contributed by atoms with Crippen LogP contribution in [0.2, 0.25) is 0 Å². The highest BCUT2D eigenvalue weighted by Crippen LogP contribution is 2.30. The van der Waals surface area contributed by atoms with Crippen molar-refractivity contribution < 1.29 is 9.53 Å². The third kappa shape index (κ3) is 4.19. The van der Waals surface area contributed by atoms with Crippen molar-refractivity contribution >= 4 is 11.7 Å². The second-order valence-corrected chi connectivity index (χ2v) is 7.14. The molecule has 0 aromatic carbocycles. The van der Waals surface area contributed by atoms with Crippen molar-refractivity contribution in [3.05, 3.63) is 23.9 Å². The lowest BCUT2D eigenvalue weighted by molar-refractivity contribution is -0.133. The van der Waals surface area contributed by atoms with Crippen LogP contribution in [-0.2, 0) is 4.74 Å². The zero-order valence-corrected chi connectivity index (χ0v) is 14.3. The highest BCUT2D eigenvalue weighted by molar-refractivity contribution is 5.94. The number of ether oxygens (including phenoxy) is 1. The second kappa shape index (κ2) is 6.24. The number of hydrogen-bond donors (Lipinski definition) is 1. The van der Waals surface area contributed by atoms with Gasteiger partial charge < -0.3 is 15.0 Å². The zero-order chi connectivity index (χ0) is 16.4. The molecule has 0 bridgehead atoms. The average Bonchev–Trinajstić information content (AvgIpc) is 2.41. The monoisotopic (exact) mass is 305 g/mol. The van der Waals surface area contributed by atoms with E-state index in [0.717, 1.165) is 25.3 Å². The second-order valence-electron chi connectivity index (χ2n) is 7.14. The first-order valence-electron chi connectivity index (χ1n) is 7.92. The van der Waals surface area contributed by atoms with Gasteiger partial charge in [-0.3, -0.25) is 4.79 Å². The normalized spacial score (nSPS) is 19.8. The van der Waals surface area contributed by atoms with Gasteiger partial charge in [-0.15, -0.1) is 0 Å². The molecule has 5 heteroatoms. The first kappa shape index (κ1) is 16.7. The van der Waals surface area contributed by atoms with Gasteiger partial charge in [-0.1, -0.05) is 6.92 Å². The summed E-state index contributed by atoms with van der Waals surface area (Å²) in [5.41, 5.74) is 0.158. The summed E-state index contributed by atoms with van der Waals surface area (Å²) in [4.78, 5) is 18.6. The molecule has 2 rings (SSSR count). The Balaban J connectivity index is 2.11. The predicted molar refractivity (Wildman–Crippen MR) is 88.3 cm³/mol. The lowest BCUT2D eigenvalue weighted by Gasteiger charge is -2.47. The van der Waals surface area contributed by atoms with E-state index < -0.39 is 0 Å². The SMILES string of the molecule is CCCNC(=O)c1ccc(N2CC(C)(C)OC(C)(C)C2)nc1. The third-order valence-corrected chi connectivity index (χ3v) is 3.57. The number of aromatic nitrogens is 1. The highest BCUT2D eigenvalue weighted by Gasteiger charge is 2.38. The van der Waals surface area contributed by atoms with E-state index in [9.17, 15) is 4.79 Å². The average molecular weight is 305 g/mol. The van der Waals surface area contributed by atoms with Gasteiger partial charge in [0.05, 0.1) is 16.8 Å². The van der Waals surface area contributed by atoms with E-state index in [0.29, 0.717) is 12.1 Å². The van der Waals surface area contributed by atoms with E-state index in [4.69, 9.17) is 4.74 Å². The van der Waals surface area contributed by atoms with Crippen molar-refractivity contribution in [2.75, 3.05) is 24.5 Å². The largest absolute Gasteiger partial charge is 0.366 e. The number of pyridine rings is 1. The van der Waals surface area contributed by atoms with Crippen LogP contribution in [0.25, 0.3) is 0 Å². The Bertz CT molecular complexity index is 507. The molecule has 1 amide bonds. The molecular formula is C17H27N3O2. The van der Waals surface area contributed by atoms with E-state index in [1.165, 1.54) is 0 Å². The van der Waals surface area contributed by atoms with Gasteiger partial charge in [0.25, 0.3) is 5.91 Å². The Morgan fingerprint density at radius 2 is 1.91 bits per heavy atom. The lowest BCUT2D eigenvalue weighted by atomic mass is 9.99. The molecule has 0 aliphatic carbocycles. The summed E-state index contributed by atoms with van der Waals surface area (Å²) in [5, 5.41) is 2.86. The Kier molecular flexibility index (Phi) is 4.75. The number of amides is 1. The van der Waals surface area contributed by atoms with Crippen molar-refractivity contribution in [2.24, 2.45) is 0 Å². The van der Waals surface area contributed by atoms with Crippen LogP contribution in [0, 0.1) is 0 Å². The topological polar surface area (TPSA) is 54.5 Å². The molecular weight excluding hydrogens is 278 g/mol. The fourth-order valence-electron chi connectivity index (χ4n) is 3.00. The van der Waals surface area contributed by atoms with Gasteiger partial charge in [0.15, 0.2) is 0 Å². The van der Waals surface area contributed by atoms with Gasteiger partial charge >= 0.3 is 0 Å². The molecule has 2 heterocycles. The summed E-state index contributed by atoms with van der Waals surface area (Å²) in [6, 6.07) is 3.75. The van der Waals surface area contributed by atoms with Crippen LogP contribution in [0.4, 0.5) is 5.82 Å². The van der Waals surface area contributed by atoms with E-state index in [-0.39, 0.29) is 17.1 Å². The molecule has 0 radical (unpaired) electrons. The van der Waals surface area contributed by atoms with E-state index in [1.54, 1.807) is 6.20 Å². The quantitative estimate of drug-likeness (QED) is 0.929. The Morgan fingerprint density at radius 1 is 1.27 bits per heavy atom. The summed E-state index contributed by atoms with van der Waals surface area (Å²) >= 11 is 0. The van der Waals surface area contributed by atoms with E-state index in [2.05, 4.69) is 42.9 Å². The van der Waals surface area contributed by atoms with Crippen molar-refractivity contribution in [1.82, 2.24) is 10.3 Å². The highest BCUT2D eigenvalue weighted by atomic mass is 16.5. The maximum absolute atomic E-state index is 11.9. The van der Waals surface area contributed by atoms with Crippen LogP contribution in [0.15, 0.2) is 18.3 Å². The molecule has 1 N–H and O–H groups in total. The number of rotatable bonds is 4. The minimum Gasteiger partial charge on any atom is -0.366 e. The van der Waals surface area contributed by atoms with E-state index >= 15 is 0 Å². The van der Waals surface area contributed by atoms with Crippen molar-refractivity contribution in [2.45, 2.75) is 52.2 Å². The molecule has 122 valence electrons. The van der Waals surface area contributed by atoms with Gasteiger partial charge in [-0.25, -0.2) is 4.98 Å². The number of carbonyl (C=O) groups is 1. The maximum Gasteiger partial charge on any atom is 0.252 e. The molecule has 1 aromatic heterocycles. The molecule has 0 atom stereocenters. The van der Waals surface area contributed by atoms with Crippen LogP contribution in [0.1, 0.15) is 51.4 Å². The Labute approximate surface area is 133 Å². The van der Waals surface area contributed by atoms with Crippen LogP contribution in [0.3, 0.4) is 0 Å². The van der Waals surface area contributed by atoms with Crippen molar-refractivity contribution in [3.63, 3.8) is 0 Å². The number of nitrogens with one attached hydrogen (secondary N) is 1. The maximum atomic E-state index is 11.9. The summed E-state index contributed by atoms with van der Waals surface area (Å²) in [6.45, 7) is 12.6. The van der Waals surface area contributed by atoms with Crippen LogP contribution >= 0.6 is 0 Å². The molecule has 22 heavy (non-hydrogen) atoms. The first-order valence-corrected chi connectivity index (χ1v) is 7.92. The third-order valence-electron chi connectivity index (χ3n) is 3.57. The molecule has 1 aliphatic heterocycles. The van der Waals surface area contributed by atoms with Gasteiger partial charge in [0.2, 0.25) is 0 Å². The lowest BCUT2D eigenvalue weighted by Crippen LogP contribution is -2.57. The minimum absolute atomic E-state index is 0.0662. The fraction of sp³-hybridized carbons (Fsp3) is 0.647. The molecule has 0 spiro atoms. The molecule has 5 nitrogen and oxygen atoms in total. The van der Waals surface area contributed by atoms with Crippen LogP contribution < -0.4 is 10.2 Å². The van der Waals surface area contributed by atoms with Gasteiger partial charge in [-0.2, -0.15) is 0 Å². The van der Waals surface area contributed by atoms with Crippen LogP contribution in [-0.4, -0.2) is 41.7 Å². The predicted octanol–water partition coefficient (Wildman–Crippen LogP) is 2.62. The molecule has 1 aliphatic rings. The van der Waals surface area contributed by atoms with Crippen LogP contribution in [0.5, 0.6) is 0 Å². The molecule has 0 saturated carbocycles. The fourth-order valence-corrected chi connectivity index (χ4v) is 3.00.